The van der Waals surface area contributed by atoms with Crippen molar-refractivity contribution in [1.29, 1.82) is 0 Å². The average molecular weight is 276 g/mol. The number of rotatable bonds is 5. The van der Waals surface area contributed by atoms with Gasteiger partial charge in [0.05, 0.1) is 10.2 Å². The normalized spacial score (nSPS) is 21.0. The van der Waals surface area contributed by atoms with Gasteiger partial charge in [-0.15, -0.1) is 11.3 Å². The summed E-state index contributed by atoms with van der Waals surface area (Å²) < 4.78 is 6.68. The molecule has 3 nitrogen and oxygen atoms in total. The molecule has 1 N–H and O–H groups in total. The molecule has 0 aliphatic carbocycles. The van der Waals surface area contributed by atoms with Crippen molar-refractivity contribution in [3.63, 3.8) is 0 Å². The first-order chi connectivity index (χ1) is 9.33. The Labute approximate surface area is 118 Å². The van der Waals surface area contributed by atoms with Gasteiger partial charge in [-0.25, -0.2) is 0 Å². The Bertz CT molecular complexity index is 534. The van der Waals surface area contributed by atoms with Gasteiger partial charge in [0.2, 0.25) is 0 Å². The van der Waals surface area contributed by atoms with E-state index in [-0.39, 0.29) is 0 Å². The van der Waals surface area contributed by atoms with Gasteiger partial charge in [0.15, 0.2) is 0 Å². The number of nitrogens with one attached hydrogen (secondary N) is 1. The Morgan fingerprint density at radius 2 is 2.53 bits per heavy atom. The topological polar surface area (TPSA) is 34.1 Å². The maximum Gasteiger partial charge on any atom is 0.0809 e. The first kappa shape index (κ1) is 13.0. The van der Waals surface area contributed by atoms with Crippen LogP contribution in [0.2, 0.25) is 0 Å². The lowest BCUT2D eigenvalue weighted by molar-refractivity contribution is 0.184. The second-order valence-corrected chi connectivity index (χ2v) is 6.21. The molecule has 0 aromatic carbocycles. The molecule has 3 rings (SSSR count). The summed E-state index contributed by atoms with van der Waals surface area (Å²) in [4.78, 5) is 4.50. The van der Waals surface area contributed by atoms with Crippen LogP contribution in [-0.2, 0) is 4.74 Å². The summed E-state index contributed by atoms with van der Waals surface area (Å²) in [5.41, 5.74) is 2.38. The van der Waals surface area contributed by atoms with Crippen LogP contribution in [0.5, 0.6) is 0 Å². The number of aromatic nitrogens is 1. The highest BCUT2D eigenvalue weighted by atomic mass is 32.1. The molecule has 2 unspecified atom stereocenters. The van der Waals surface area contributed by atoms with Gasteiger partial charge in [0.1, 0.15) is 0 Å². The summed E-state index contributed by atoms with van der Waals surface area (Å²) in [7, 11) is 0. The highest BCUT2D eigenvalue weighted by molar-refractivity contribution is 7.17. The van der Waals surface area contributed by atoms with Crippen LogP contribution in [0.15, 0.2) is 23.7 Å². The molecule has 2 atom stereocenters. The van der Waals surface area contributed by atoms with E-state index in [9.17, 15) is 0 Å². The molecule has 102 valence electrons. The largest absolute Gasteiger partial charge is 0.381 e. The van der Waals surface area contributed by atoms with Crippen molar-refractivity contribution in [1.82, 2.24) is 10.3 Å². The smallest absolute Gasteiger partial charge is 0.0809 e. The third kappa shape index (κ3) is 3.14. The minimum absolute atomic E-state index is 0.362. The molecule has 1 aliphatic rings. The van der Waals surface area contributed by atoms with Crippen molar-refractivity contribution >= 4 is 21.6 Å². The first-order valence-electron chi connectivity index (χ1n) is 6.97. The second kappa shape index (κ2) is 5.99. The molecule has 1 aliphatic heterocycles. The summed E-state index contributed by atoms with van der Waals surface area (Å²) in [6.07, 6.45) is 4.42. The van der Waals surface area contributed by atoms with Crippen LogP contribution >= 0.6 is 11.3 Å². The number of thiophene rings is 1. The Morgan fingerprint density at radius 1 is 1.58 bits per heavy atom. The predicted octanol–water partition coefficient (Wildman–Crippen LogP) is 3.37. The van der Waals surface area contributed by atoms with E-state index in [4.69, 9.17) is 4.74 Å². The van der Waals surface area contributed by atoms with E-state index >= 15 is 0 Å². The third-order valence-corrected chi connectivity index (χ3v) is 4.70. The van der Waals surface area contributed by atoms with E-state index in [1.807, 2.05) is 6.20 Å². The number of ether oxygens (including phenoxy) is 1. The van der Waals surface area contributed by atoms with Gasteiger partial charge in [0, 0.05) is 25.5 Å². The quantitative estimate of drug-likeness (QED) is 0.909. The van der Waals surface area contributed by atoms with Gasteiger partial charge in [-0.05, 0) is 55.3 Å². The zero-order valence-electron chi connectivity index (χ0n) is 11.3. The molecule has 0 spiro atoms. The number of nitrogens with zero attached hydrogens (tertiary/aromatic N) is 1. The molecule has 0 amide bonds. The third-order valence-electron chi connectivity index (χ3n) is 3.85. The summed E-state index contributed by atoms with van der Waals surface area (Å²) in [6.45, 7) is 5.15. The molecule has 0 radical (unpaired) electrons. The van der Waals surface area contributed by atoms with Crippen molar-refractivity contribution in [2.24, 2.45) is 5.92 Å². The average Bonchev–Trinajstić information content (AvgIpc) is 3.08. The molecular weight excluding hydrogens is 256 g/mol. The van der Waals surface area contributed by atoms with Gasteiger partial charge in [-0.2, -0.15) is 0 Å². The highest BCUT2D eigenvalue weighted by Gasteiger charge is 2.15. The molecule has 0 bridgehead atoms. The maximum atomic E-state index is 5.40. The maximum absolute atomic E-state index is 5.40. The fourth-order valence-electron chi connectivity index (χ4n) is 2.53. The lowest BCUT2D eigenvalue weighted by Gasteiger charge is -2.15. The molecule has 1 fully saturated rings. The van der Waals surface area contributed by atoms with E-state index in [2.05, 4.69) is 34.7 Å². The lowest BCUT2D eigenvalue weighted by atomic mass is 10.0. The van der Waals surface area contributed by atoms with Gasteiger partial charge >= 0.3 is 0 Å². The van der Waals surface area contributed by atoms with E-state index in [0.29, 0.717) is 6.04 Å². The van der Waals surface area contributed by atoms with Crippen LogP contribution in [0.1, 0.15) is 31.4 Å². The Balaban J connectivity index is 1.55. The molecule has 3 heterocycles. The fraction of sp³-hybridized carbons (Fsp3) is 0.533. The van der Waals surface area contributed by atoms with Crippen molar-refractivity contribution in [2.75, 3.05) is 19.8 Å². The fourth-order valence-corrected chi connectivity index (χ4v) is 3.32. The number of fused-ring (bicyclic) bond motifs is 1. The van der Waals surface area contributed by atoms with Gasteiger partial charge in [0.25, 0.3) is 0 Å². The van der Waals surface area contributed by atoms with Crippen LogP contribution in [0.3, 0.4) is 0 Å². The van der Waals surface area contributed by atoms with Crippen LogP contribution in [0, 0.1) is 5.92 Å². The molecule has 19 heavy (non-hydrogen) atoms. The summed E-state index contributed by atoms with van der Waals surface area (Å²) in [5, 5.41) is 5.69. The van der Waals surface area contributed by atoms with Gasteiger partial charge in [-0.3, -0.25) is 4.98 Å². The molecule has 1 saturated heterocycles. The van der Waals surface area contributed by atoms with Gasteiger partial charge in [-0.1, -0.05) is 0 Å². The van der Waals surface area contributed by atoms with Crippen LogP contribution in [0.4, 0.5) is 0 Å². The molecule has 4 heteroatoms. The zero-order chi connectivity index (χ0) is 13.1. The van der Waals surface area contributed by atoms with E-state index < -0.39 is 0 Å². The summed E-state index contributed by atoms with van der Waals surface area (Å²) in [6, 6.07) is 4.69. The standard InChI is InChI=1S/C15H20N2OS/c1-11(16-5-2-12-3-6-18-10-12)13-8-15-14(17-9-13)4-7-19-15/h4,7-9,11-12,16H,2-3,5-6,10H2,1H3. The van der Waals surface area contributed by atoms with E-state index in [0.717, 1.165) is 31.2 Å². The Kier molecular flexibility index (Phi) is 4.11. The Hall–Kier alpha value is -0.970. The predicted molar refractivity (Wildman–Crippen MR) is 79.6 cm³/mol. The molecule has 2 aromatic rings. The first-order valence-corrected chi connectivity index (χ1v) is 7.85. The second-order valence-electron chi connectivity index (χ2n) is 5.27. The SMILES string of the molecule is CC(NCCC1CCOC1)c1cnc2ccsc2c1. The summed E-state index contributed by atoms with van der Waals surface area (Å²) in [5.74, 6) is 0.748. The van der Waals surface area contributed by atoms with Crippen molar-refractivity contribution < 1.29 is 4.74 Å². The monoisotopic (exact) mass is 276 g/mol. The minimum Gasteiger partial charge on any atom is -0.381 e. The Morgan fingerprint density at radius 3 is 3.37 bits per heavy atom. The van der Waals surface area contributed by atoms with E-state index in [1.165, 1.54) is 23.1 Å². The van der Waals surface area contributed by atoms with E-state index in [1.54, 1.807) is 11.3 Å². The van der Waals surface area contributed by atoms with Crippen molar-refractivity contribution in [3.8, 4) is 0 Å². The van der Waals surface area contributed by atoms with Crippen LogP contribution in [-0.4, -0.2) is 24.7 Å². The molecule has 2 aromatic heterocycles. The number of hydrogen-bond acceptors (Lipinski definition) is 4. The lowest BCUT2D eigenvalue weighted by Crippen LogP contribution is -2.22. The minimum atomic E-state index is 0.362. The van der Waals surface area contributed by atoms with Crippen LogP contribution < -0.4 is 5.32 Å². The number of pyridine rings is 1. The van der Waals surface area contributed by atoms with Crippen LogP contribution in [0.25, 0.3) is 10.2 Å². The highest BCUT2D eigenvalue weighted by Crippen LogP contribution is 2.23. The van der Waals surface area contributed by atoms with Gasteiger partial charge < -0.3 is 10.1 Å². The molecular formula is C15H20N2OS. The summed E-state index contributed by atoms with van der Waals surface area (Å²) >= 11 is 1.76. The van der Waals surface area contributed by atoms with Crippen molar-refractivity contribution in [3.05, 3.63) is 29.3 Å². The number of hydrogen-bond donors (Lipinski definition) is 1. The van der Waals surface area contributed by atoms with Crippen molar-refractivity contribution in [2.45, 2.75) is 25.8 Å². The zero-order valence-corrected chi connectivity index (χ0v) is 12.1. The molecule has 0 saturated carbocycles.